The maximum atomic E-state index is 12.7. The lowest BCUT2D eigenvalue weighted by Crippen LogP contribution is -2.38. The highest BCUT2D eigenvalue weighted by molar-refractivity contribution is 8.16. The number of fused-ring (bicyclic) bond motifs is 1. The van der Waals surface area contributed by atoms with Crippen molar-refractivity contribution in [2.24, 2.45) is 10.9 Å². The number of carbonyl (C=O) groups excluding carboxylic acids is 1. The van der Waals surface area contributed by atoms with Crippen LogP contribution in [0.4, 0.5) is 11.4 Å². The number of hydrogen-bond donors (Lipinski definition) is 0. The fraction of sp³-hybridized carbons (Fsp3) is 0.355. The highest BCUT2D eigenvalue weighted by Crippen LogP contribution is 2.41. The molecule has 0 aromatic heterocycles. The average molecular weight is 576 g/mol. The van der Waals surface area contributed by atoms with E-state index in [1.165, 1.54) is 17.3 Å². The van der Waals surface area contributed by atoms with Crippen molar-refractivity contribution in [3.05, 3.63) is 90.5 Å². The summed E-state index contributed by atoms with van der Waals surface area (Å²) in [7, 11) is -3.13. The molecule has 1 amide bonds. The molecule has 9 heteroatoms. The van der Waals surface area contributed by atoms with Gasteiger partial charge in [0.1, 0.15) is 5.75 Å². The Kier molecular flexibility index (Phi) is 7.85. The second kappa shape index (κ2) is 11.7. The summed E-state index contributed by atoms with van der Waals surface area (Å²) in [5, 5.41) is 0.399. The maximum Gasteiger partial charge on any atom is 0.285 e. The first-order chi connectivity index (χ1) is 19.4. The Morgan fingerprint density at radius 1 is 0.875 bits per heavy atom. The summed E-state index contributed by atoms with van der Waals surface area (Å²) in [4.78, 5) is 21.5. The SMILES string of the molecule is O=C(COc1ccccc1)N=C1S[C@H]2CS(=O)(=O)C[C@@H]2N1c1ccc(N2CCC(Cc3ccccc3)CC2)cc1. The minimum atomic E-state index is -3.13. The number of ether oxygens (including phenoxy) is 1. The molecule has 6 rings (SSSR count). The van der Waals surface area contributed by atoms with E-state index in [2.05, 4.69) is 52.4 Å². The Balaban J connectivity index is 1.14. The van der Waals surface area contributed by atoms with Crippen LogP contribution in [0.5, 0.6) is 5.75 Å². The van der Waals surface area contributed by atoms with Gasteiger partial charge in [0.2, 0.25) is 0 Å². The first-order valence-corrected chi connectivity index (χ1v) is 16.5. The molecule has 3 aromatic carbocycles. The standard InChI is InChI=1S/C31H33N3O4S2/c35-30(20-38-27-9-5-2-6-10-27)32-31-34(28-21-40(36,37)22-29(28)39-31)26-13-11-25(12-14-26)33-17-15-24(16-18-33)19-23-7-3-1-4-8-23/h1-14,24,28-29H,15-22H2/t28-,29-/m0/s1. The molecule has 0 bridgehead atoms. The van der Waals surface area contributed by atoms with Crippen LogP contribution < -0.4 is 14.5 Å². The number of anilines is 2. The van der Waals surface area contributed by atoms with Gasteiger partial charge in [0.25, 0.3) is 5.91 Å². The fourth-order valence-corrected chi connectivity index (χ4v) is 9.77. The van der Waals surface area contributed by atoms with E-state index in [1.54, 1.807) is 12.1 Å². The van der Waals surface area contributed by atoms with Crippen LogP contribution >= 0.6 is 11.8 Å². The predicted molar refractivity (Wildman–Crippen MR) is 162 cm³/mol. The van der Waals surface area contributed by atoms with Gasteiger partial charge < -0.3 is 14.5 Å². The molecular weight excluding hydrogens is 542 g/mol. The number of nitrogens with zero attached hydrogens (tertiary/aromatic N) is 3. The van der Waals surface area contributed by atoms with Gasteiger partial charge in [-0.05, 0) is 67.1 Å². The number of amides is 1. The fourth-order valence-electron chi connectivity index (χ4n) is 5.83. The number of piperidine rings is 1. The minimum Gasteiger partial charge on any atom is -0.484 e. The van der Waals surface area contributed by atoms with E-state index in [0.717, 1.165) is 43.7 Å². The molecule has 40 heavy (non-hydrogen) atoms. The molecule has 3 heterocycles. The van der Waals surface area contributed by atoms with Crippen molar-refractivity contribution in [2.75, 3.05) is 41.0 Å². The van der Waals surface area contributed by atoms with Crippen LogP contribution in [0, 0.1) is 5.92 Å². The van der Waals surface area contributed by atoms with Crippen molar-refractivity contribution in [2.45, 2.75) is 30.6 Å². The molecule has 2 atom stereocenters. The second-order valence-corrected chi connectivity index (χ2v) is 14.1. The van der Waals surface area contributed by atoms with Gasteiger partial charge >= 0.3 is 0 Å². The molecule has 0 unspecified atom stereocenters. The van der Waals surface area contributed by atoms with Crippen LogP contribution in [0.3, 0.4) is 0 Å². The molecular formula is C31H33N3O4S2. The normalized spacial score (nSPS) is 23.4. The Labute approximate surface area is 240 Å². The molecule has 208 valence electrons. The van der Waals surface area contributed by atoms with Crippen molar-refractivity contribution in [3.8, 4) is 5.75 Å². The van der Waals surface area contributed by atoms with E-state index >= 15 is 0 Å². The van der Waals surface area contributed by atoms with Crippen LogP contribution in [-0.4, -0.2) is 62.0 Å². The molecule has 7 nitrogen and oxygen atoms in total. The molecule has 3 aliphatic heterocycles. The Morgan fingerprint density at radius 3 is 2.23 bits per heavy atom. The van der Waals surface area contributed by atoms with E-state index in [1.807, 2.05) is 35.2 Å². The van der Waals surface area contributed by atoms with Gasteiger partial charge in [0, 0.05) is 29.7 Å². The predicted octanol–water partition coefficient (Wildman–Crippen LogP) is 4.83. The lowest BCUT2D eigenvalue weighted by molar-refractivity contribution is -0.119. The molecule has 0 saturated carbocycles. The van der Waals surface area contributed by atoms with Gasteiger partial charge in [-0.2, -0.15) is 4.99 Å². The molecule has 0 aliphatic carbocycles. The first-order valence-electron chi connectivity index (χ1n) is 13.8. The second-order valence-electron chi connectivity index (χ2n) is 10.7. The topological polar surface area (TPSA) is 79.3 Å². The van der Waals surface area contributed by atoms with Crippen molar-refractivity contribution in [1.29, 1.82) is 0 Å². The third-order valence-corrected chi connectivity index (χ3v) is 11.1. The van der Waals surface area contributed by atoms with E-state index < -0.39 is 15.7 Å². The molecule has 3 saturated heterocycles. The van der Waals surface area contributed by atoms with Crippen LogP contribution in [0.2, 0.25) is 0 Å². The van der Waals surface area contributed by atoms with Crippen molar-refractivity contribution in [1.82, 2.24) is 0 Å². The summed E-state index contributed by atoms with van der Waals surface area (Å²) in [5.74, 6) is 1.07. The summed E-state index contributed by atoms with van der Waals surface area (Å²) in [6.45, 7) is 1.86. The largest absolute Gasteiger partial charge is 0.484 e. The van der Waals surface area contributed by atoms with Crippen molar-refractivity contribution in [3.63, 3.8) is 0 Å². The van der Waals surface area contributed by atoms with Crippen molar-refractivity contribution < 1.29 is 17.9 Å². The van der Waals surface area contributed by atoms with Crippen LogP contribution in [-0.2, 0) is 21.1 Å². The molecule has 0 radical (unpaired) electrons. The summed E-state index contributed by atoms with van der Waals surface area (Å²) in [5.41, 5.74) is 3.43. The average Bonchev–Trinajstić information content (AvgIpc) is 3.44. The van der Waals surface area contributed by atoms with Crippen molar-refractivity contribution >= 4 is 44.0 Å². The third-order valence-electron chi connectivity index (χ3n) is 7.87. The minimum absolute atomic E-state index is 0.0646. The zero-order chi connectivity index (χ0) is 27.5. The summed E-state index contributed by atoms with van der Waals surface area (Å²) >= 11 is 1.38. The number of para-hydroxylation sites is 1. The number of aliphatic imine (C=N–C) groups is 1. The monoisotopic (exact) mass is 575 g/mol. The number of sulfone groups is 1. The van der Waals surface area contributed by atoms with E-state index in [9.17, 15) is 13.2 Å². The summed E-state index contributed by atoms with van der Waals surface area (Å²) in [6.07, 6.45) is 3.44. The quantitative estimate of drug-likeness (QED) is 0.400. The number of hydrogen-bond acceptors (Lipinski definition) is 6. The highest BCUT2D eigenvalue weighted by atomic mass is 32.2. The van der Waals surface area contributed by atoms with Gasteiger partial charge in [-0.1, -0.05) is 60.3 Å². The summed E-state index contributed by atoms with van der Waals surface area (Å²) < 4.78 is 30.5. The van der Waals surface area contributed by atoms with Gasteiger partial charge in [0.05, 0.1) is 17.5 Å². The smallest absolute Gasteiger partial charge is 0.285 e. The number of benzene rings is 3. The molecule has 3 aromatic rings. The molecule has 3 fully saturated rings. The van der Waals surface area contributed by atoms with Crippen LogP contribution in [0.1, 0.15) is 18.4 Å². The first kappa shape index (κ1) is 26.9. The van der Waals surface area contributed by atoms with Crippen LogP contribution in [0.25, 0.3) is 0 Å². The lowest BCUT2D eigenvalue weighted by Gasteiger charge is -2.34. The van der Waals surface area contributed by atoms with E-state index in [0.29, 0.717) is 16.8 Å². The zero-order valence-corrected chi connectivity index (χ0v) is 23.9. The summed E-state index contributed by atoms with van der Waals surface area (Å²) in [6, 6.07) is 27.9. The lowest BCUT2D eigenvalue weighted by atomic mass is 9.90. The Hall–Kier alpha value is -3.30. The third kappa shape index (κ3) is 6.20. The van der Waals surface area contributed by atoms with E-state index in [4.69, 9.17) is 4.74 Å². The number of amidine groups is 1. The highest BCUT2D eigenvalue weighted by Gasteiger charge is 2.49. The molecule has 0 spiro atoms. The van der Waals surface area contributed by atoms with Gasteiger partial charge in [-0.25, -0.2) is 8.42 Å². The number of rotatable bonds is 7. The van der Waals surface area contributed by atoms with E-state index in [-0.39, 0.29) is 29.4 Å². The maximum absolute atomic E-state index is 12.7. The molecule has 0 N–H and O–H groups in total. The van der Waals surface area contributed by atoms with Crippen LogP contribution in [0.15, 0.2) is 89.9 Å². The Bertz CT molecular complexity index is 1460. The number of carbonyl (C=O) groups is 1. The Morgan fingerprint density at radius 2 is 1.52 bits per heavy atom. The zero-order valence-electron chi connectivity index (χ0n) is 22.3. The molecule has 3 aliphatic rings. The number of thioether (sulfide) groups is 1. The van der Waals surface area contributed by atoms with Gasteiger partial charge in [0.15, 0.2) is 21.6 Å². The van der Waals surface area contributed by atoms with Gasteiger partial charge in [-0.3, -0.25) is 4.79 Å². The van der Waals surface area contributed by atoms with Gasteiger partial charge in [-0.15, -0.1) is 0 Å².